The topological polar surface area (TPSA) is 107 Å². The second kappa shape index (κ2) is 6.86. The van der Waals surface area contributed by atoms with Gasteiger partial charge in [0.1, 0.15) is 6.54 Å². The minimum absolute atomic E-state index is 0.108. The second-order valence-electron chi connectivity index (χ2n) is 6.12. The number of hydrogen-bond acceptors (Lipinski definition) is 5. The van der Waals surface area contributed by atoms with Crippen LogP contribution in [0.15, 0.2) is 27.4 Å². The van der Waals surface area contributed by atoms with Gasteiger partial charge in [-0.3, -0.25) is 19.5 Å². The molecule has 0 atom stereocenters. The van der Waals surface area contributed by atoms with Gasteiger partial charge >= 0.3 is 5.76 Å². The van der Waals surface area contributed by atoms with Crippen molar-refractivity contribution in [2.24, 2.45) is 0 Å². The summed E-state index contributed by atoms with van der Waals surface area (Å²) in [6.07, 6.45) is 6.50. The summed E-state index contributed by atoms with van der Waals surface area (Å²) in [5.74, 6) is -0.938. The molecule has 8 heteroatoms. The van der Waals surface area contributed by atoms with Crippen LogP contribution in [-0.4, -0.2) is 21.4 Å². The Morgan fingerprint density at radius 3 is 2.67 bits per heavy atom. The minimum Gasteiger partial charge on any atom is -0.407 e. The van der Waals surface area contributed by atoms with Crippen LogP contribution in [-0.2, 0) is 11.3 Å². The molecule has 1 N–H and O–H groups in total. The SMILES string of the molecule is O=C(Cn1c(=O)oc2cc([N+](=O)[O-])ccc21)NC1CCCCCC1. The maximum Gasteiger partial charge on any atom is 0.420 e. The number of nitrogens with zero attached hydrogens (tertiary/aromatic N) is 2. The molecule has 1 amide bonds. The molecule has 1 aromatic carbocycles. The number of nitro benzene ring substituents is 1. The Morgan fingerprint density at radius 2 is 2.00 bits per heavy atom. The first-order valence-electron chi connectivity index (χ1n) is 8.12. The van der Waals surface area contributed by atoms with Crippen LogP contribution in [0, 0.1) is 10.1 Å². The van der Waals surface area contributed by atoms with Crippen molar-refractivity contribution in [2.75, 3.05) is 0 Å². The van der Waals surface area contributed by atoms with Crippen LogP contribution in [0.25, 0.3) is 11.1 Å². The van der Waals surface area contributed by atoms with E-state index in [0.29, 0.717) is 5.52 Å². The molecule has 128 valence electrons. The van der Waals surface area contributed by atoms with Crippen molar-refractivity contribution >= 4 is 22.7 Å². The van der Waals surface area contributed by atoms with E-state index in [4.69, 9.17) is 4.42 Å². The predicted molar refractivity (Wildman–Crippen MR) is 86.8 cm³/mol. The number of rotatable bonds is 4. The lowest BCUT2D eigenvalue weighted by atomic mass is 10.1. The average molecular weight is 333 g/mol. The number of fused-ring (bicyclic) bond motifs is 1. The fraction of sp³-hybridized carbons (Fsp3) is 0.500. The molecule has 0 aliphatic heterocycles. The summed E-state index contributed by atoms with van der Waals surface area (Å²) in [7, 11) is 0. The fourth-order valence-corrected chi connectivity index (χ4v) is 3.16. The maximum absolute atomic E-state index is 12.2. The summed E-state index contributed by atoms with van der Waals surface area (Å²) in [6.45, 7) is -0.153. The van der Waals surface area contributed by atoms with Gasteiger partial charge in [-0.05, 0) is 18.9 Å². The zero-order valence-corrected chi connectivity index (χ0v) is 13.2. The summed E-state index contributed by atoms with van der Waals surface area (Å²) in [6, 6.07) is 4.06. The lowest BCUT2D eigenvalue weighted by Gasteiger charge is -2.16. The van der Waals surface area contributed by atoms with Gasteiger partial charge in [0.25, 0.3) is 5.69 Å². The normalized spacial score (nSPS) is 16.0. The summed E-state index contributed by atoms with van der Waals surface area (Å²) in [5.41, 5.74) is 0.324. The number of non-ortho nitro benzene ring substituents is 1. The number of nitro groups is 1. The number of carbonyl (C=O) groups excluding carboxylic acids is 1. The monoisotopic (exact) mass is 333 g/mol. The Morgan fingerprint density at radius 1 is 1.29 bits per heavy atom. The van der Waals surface area contributed by atoms with Gasteiger partial charge in [-0.25, -0.2) is 4.79 Å². The number of aromatic nitrogens is 1. The van der Waals surface area contributed by atoms with E-state index < -0.39 is 10.7 Å². The van der Waals surface area contributed by atoms with Crippen molar-refractivity contribution in [2.45, 2.75) is 51.1 Å². The molecule has 0 bridgehead atoms. The van der Waals surface area contributed by atoms with Crippen molar-refractivity contribution in [1.29, 1.82) is 0 Å². The van der Waals surface area contributed by atoms with Gasteiger partial charge in [0.15, 0.2) is 5.58 Å². The van der Waals surface area contributed by atoms with Crippen LogP contribution in [0.2, 0.25) is 0 Å². The molecular formula is C16H19N3O5. The van der Waals surface area contributed by atoms with Gasteiger partial charge in [-0.1, -0.05) is 25.7 Å². The van der Waals surface area contributed by atoms with E-state index in [9.17, 15) is 19.7 Å². The highest BCUT2D eigenvalue weighted by Gasteiger charge is 2.18. The molecule has 1 aliphatic rings. The predicted octanol–water partition coefficient (Wildman–Crippen LogP) is 2.34. The standard InChI is InChI=1S/C16H19N3O5/c20-15(17-11-5-3-1-2-4-6-11)10-18-13-8-7-12(19(22)23)9-14(13)24-16(18)21/h7-9,11H,1-6,10H2,(H,17,20). The molecule has 1 aliphatic carbocycles. The Bertz CT molecular complexity index is 815. The number of oxazole rings is 1. The first kappa shape index (κ1) is 16.2. The summed E-state index contributed by atoms with van der Waals surface area (Å²) in [4.78, 5) is 34.4. The molecule has 3 rings (SSSR count). The van der Waals surface area contributed by atoms with E-state index in [1.54, 1.807) is 0 Å². The second-order valence-corrected chi connectivity index (χ2v) is 6.12. The number of hydrogen-bond donors (Lipinski definition) is 1. The van der Waals surface area contributed by atoms with Gasteiger partial charge in [0.2, 0.25) is 5.91 Å². The zero-order chi connectivity index (χ0) is 17.1. The number of carbonyl (C=O) groups is 1. The highest BCUT2D eigenvalue weighted by Crippen LogP contribution is 2.20. The van der Waals surface area contributed by atoms with Crippen molar-refractivity contribution in [1.82, 2.24) is 9.88 Å². The molecule has 0 unspecified atom stereocenters. The van der Waals surface area contributed by atoms with E-state index in [1.807, 2.05) is 0 Å². The van der Waals surface area contributed by atoms with Crippen LogP contribution < -0.4 is 11.1 Å². The highest BCUT2D eigenvalue weighted by molar-refractivity contribution is 5.80. The summed E-state index contributed by atoms with van der Waals surface area (Å²) < 4.78 is 6.22. The third-order valence-corrected chi connectivity index (χ3v) is 4.38. The number of amides is 1. The fourth-order valence-electron chi connectivity index (χ4n) is 3.16. The molecular weight excluding hydrogens is 314 g/mol. The van der Waals surface area contributed by atoms with Crippen LogP contribution >= 0.6 is 0 Å². The lowest BCUT2D eigenvalue weighted by Crippen LogP contribution is -2.38. The van der Waals surface area contributed by atoms with Crippen molar-refractivity contribution in [3.63, 3.8) is 0 Å². The Hall–Kier alpha value is -2.64. The average Bonchev–Trinajstić information content (AvgIpc) is 2.72. The number of nitrogens with one attached hydrogen (secondary N) is 1. The Kier molecular flexibility index (Phi) is 4.64. The van der Waals surface area contributed by atoms with Crippen molar-refractivity contribution in [3.05, 3.63) is 38.9 Å². The molecule has 8 nitrogen and oxygen atoms in total. The van der Waals surface area contributed by atoms with E-state index in [0.717, 1.165) is 25.7 Å². The van der Waals surface area contributed by atoms with Crippen LogP contribution in [0.5, 0.6) is 0 Å². The third kappa shape index (κ3) is 3.47. The van der Waals surface area contributed by atoms with Crippen LogP contribution in [0.4, 0.5) is 5.69 Å². The molecule has 1 saturated carbocycles. The van der Waals surface area contributed by atoms with Gasteiger partial charge in [-0.2, -0.15) is 0 Å². The molecule has 24 heavy (non-hydrogen) atoms. The molecule has 1 heterocycles. The van der Waals surface area contributed by atoms with E-state index in [-0.39, 0.29) is 29.8 Å². The number of benzene rings is 1. The highest BCUT2D eigenvalue weighted by atomic mass is 16.6. The van der Waals surface area contributed by atoms with Gasteiger partial charge in [-0.15, -0.1) is 0 Å². The minimum atomic E-state index is -0.693. The van der Waals surface area contributed by atoms with Crippen LogP contribution in [0.1, 0.15) is 38.5 Å². The van der Waals surface area contributed by atoms with Crippen molar-refractivity contribution in [3.8, 4) is 0 Å². The molecule has 2 aromatic rings. The molecule has 1 fully saturated rings. The van der Waals surface area contributed by atoms with Crippen LogP contribution in [0.3, 0.4) is 0 Å². The first-order chi connectivity index (χ1) is 11.5. The van der Waals surface area contributed by atoms with Crippen molar-refractivity contribution < 1.29 is 14.1 Å². The largest absolute Gasteiger partial charge is 0.420 e. The van der Waals surface area contributed by atoms with E-state index in [1.165, 1.54) is 35.6 Å². The lowest BCUT2D eigenvalue weighted by molar-refractivity contribution is -0.384. The maximum atomic E-state index is 12.2. The zero-order valence-electron chi connectivity index (χ0n) is 13.2. The smallest absolute Gasteiger partial charge is 0.407 e. The van der Waals surface area contributed by atoms with Gasteiger partial charge < -0.3 is 9.73 Å². The third-order valence-electron chi connectivity index (χ3n) is 4.38. The molecule has 0 radical (unpaired) electrons. The first-order valence-corrected chi connectivity index (χ1v) is 8.12. The summed E-state index contributed by atoms with van der Waals surface area (Å²) in [5, 5.41) is 13.7. The summed E-state index contributed by atoms with van der Waals surface area (Å²) >= 11 is 0. The molecule has 0 spiro atoms. The quantitative estimate of drug-likeness (QED) is 0.525. The molecule has 0 saturated heterocycles. The molecule has 1 aromatic heterocycles. The van der Waals surface area contributed by atoms with E-state index >= 15 is 0 Å². The van der Waals surface area contributed by atoms with Gasteiger partial charge in [0, 0.05) is 12.1 Å². The Labute approximate surface area is 137 Å². The van der Waals surface area contributed by atoms with E-state index in [2.05, 4.69) is 5.32 Å². The Balaban J connectivity index is 1.76. The van der Waals surface area contributed by atoms with Gasteiger partial charge in [0.05, 0.1) is 16.5 Å².